The number of allylic oxidation sites excluding steroid dienone is 2. The third-order valence-corrected chi connectivity index (χ3v) is 12.2. The van der Waals surface area contributed by atoms with Crippen molar-refractivity contribution in [3.05, 3.63) is 96.6 Å². The molecule has 2 heterocycles. The number of hydrogen-bond donors (Lipinski definition) is 0. The van der Waals surface area contributed by atoms with Crippen molar-refractivity contribution in [1.82, 2.24) is 0 Å². The third kappa shape index (κ3) is 2.59. The summed E-state index contributed by atoms with van der Waals surface area (Å²) >= 11 is 1.83. The molecule has 2 saturated heterocycles. The summed E-state index contributed by atoms with van der Waals surface area (Å²) in [7, 11) is 0. The SMILES string of the molecule is C1=CC2(c3ccccc3)[Se]C2C2[Se]C12.c1ccc2ccccc2c1. The van der Waals surface area contributed by atoms with Gasteiger partial charge in [0.1, 0.15) is 0 Å². The van der Waals surface area contributed by atoms with Crippen molar-refractivity contribution >= 4 is 40.7 Å². The van der Waals surface area contributed by atoms with Crippen LogP contribution in [0.2, 0.25) is 14.4 Å². The topological polar surface area (TPSA) is 0 Å². The molecule has 3 aliphatic rings. The molecule has 0 N–H and O–H groups in total. The van der Waals surface area contributed by atoms with E-state index >= 15 is 0 Å². The van der Waals surface area contributed by atoms with Crippen molar-refractivity contribution < 1.29 is 0 Å². The molecule has 0 spiro atoms. The molecule has 0 bridgehead atoms. The van der Waals surface area contributed by atoms with Gasteiger partial charge in [-0.3, -0.25) is 0 Å². The average molecular weight is 440 g/mol. The molecule has 0 amide bonds. The van der Waals surface area contributed by atoms with Crippen LogP contribution >= 0.6 is 0 Å². The fourth-order valence-corrected chi connectivity index (χ4v) is 11.0. The largest absolute Gasteiger partial charge is 0.0616 e. The number of hydrogen-bond acceptors (Lipinski definition) is 0. The first-order chi connectivity index (χ1) is 11.9. The van der Waals surface area contributed by atoms with Crippen molar-refractivity contribution in [2.45, 2.75) is 18.8 Å². The molecule has 118 valence electrons. The van der Waals surface area contributed by atoms with E-state index in [-0.39, 0.29) is 0 Å². The van der Waals surface area contributed by atoms with Crippen molar-refractivity contribution in [2.75, 3.05) is 0 Å². The second-order valence-corrected chi connectivity index (χ2v) is 12.3. The Labute approximate surface area is 155 Å². The zero-order valence-electron chi connectivity index (χ0n) is 13.2. The molecule has 0 nitrogen and oxygen atoms in total. The van der Waals surface area contributed by atoms with Gasteiger partial charge in [-0.25, -0.2) is 0 Å². The fraction of sp³-hybridized carbons (Fsp3) is 0.182. The fourth-order valence-electron chi connectivity index (χ4n) is 3.55. The monoisotopic (exact) mass is 442 g/mol. The van der Waals surface area contributed by atoms with Gasteiger partial charge >= 0.3 is 96.7 Å². The Morgan fingerprint density at radius 2 is 1.29 bits per heavy atom. The molecule has 6 rings (SSSR count). The Kier molecular flexibility index (Phi) is 3.69. The van der Waals surface area contributed by atoms with Gasteiger partial charge in [-0.2, -0.15) is 0 Å². The van der Waals surface area contributed by atoms with Crippen molar-refractivity contribution in [3.63, 3.8) is 0 Å². The molecule has 0 saturated carbocycles. The average Bonchev–Trinajstić information content (AvgIpc) is 3.55. The second-order valence-electron chi connectivity index (χ2n) is 6.47. The minimum atomic E-state index is 0.549. The van der Waals surface area contributed by atoms with Gasteiger partial charge in [-0.05, 0) is 10.8 Å². The molecular formula is C22H18Se2. The maximum Gasteiger partial charge on any atom is -0.0184 e. The summed E-state index contributed by atoms with van der Waals surface area (Å²) in [5.41, 5.74) is 1.59. The molecule has 0 radical (unpaired) electrons. The maximum atomic E-state index is 2.54. The maximum absolute atomic E-state index is 2.54. The smallest absolute Gasteiger partial charge is 0.0184 e. The molecule has 4 unspecified atom stereocenters. The Hall–Kier alpha value is -1.30. The Morgan fingerprint density at radius 3 is 1.92 bits per heavy atom. The zero-order chi connectivity index (χ0) is 16.0. The summed E-state index contributed by atoms with van der Waals surface area (Å²) in [5, 5.41) is 2.62. The van der Waals surface area contributed by atoms with Crippen LogP contribution in [0.1, 0.15) is 5.56 Å². The normalized spacial score (nSPS) is 31.4. The van der Waals surface area contributed by atoms with E-state index in [0.717, 1.165) is 44.4 Å². The van der Waals surface area contributed by atoms with Crippen molar-refractivity contribution in [1.29, 1.82) is 0 Å². The van der Waals surface area contributed by atoms with E-state index in [1.54, 1.807) is 5.56 Å². The summed E-state index contributed by atoms with van der Waals surface area (Å²) in [4.78, 5) is 3.24. The minimum absolute atomic E-state index is 0.549. The number of fused-ring (bicyclic) bond motifs is 4. The Balaban J connectivity index is 0.000000116. The van der Waals surface area contributed by atoms with Crippen molar-refractivity contribution in [3.8, 4) is 0 Å². The zero-order valence-corrected chi connectivity index (χ0v) is 16.6. The van der Waals surface area contributed by atoms with E-state index in [9.17, 15) is 0 Å². The van der Waals surface area contributed by atoms with Crippen LogP contribution in [0, 0.1) is 0 Å². The molecule has 3 aromatic rings. The standard InChI is InChI=1S/C12H10Se2.C10H8/c1-2-4-8(5-3-1)12-7-6-9-10(13-9)11(12)14-12;1-2-6-10-8-4-3-7-9(10)5-1/h1-7,9-11H;1-8H. The van der Waals surface area contributed by atoms with Crippen LogP contribution in [0.25, 0.3) is 10.8 Å². The van der Waals surface area contributed by atoms with E-state index in [4.69, 9.17) is 0 Å². The summed E-state index contributed by atoms with van der Waals surface area (Å²) in [6, 6.07) is 27.9. The first-order valence-electron chi connectivity index (χ1n) is 8.39. The van der Waals surface area contributed by atoms with E-state index in [1.807, 2.05) is 0 Å². The first-order valence-corrected chi connectivity index (χ1v) is 12.2. The van der Waals surface area contributed by atoms with Crippen LogP contribution in [-0.2, 0) is 4.31 Å². The van der Waals surface area contributed by atoms with Crippen molar-refractivity contribution in [2.24, 2.45) is 0 Å². The van der Waals surface area contributed by atoms with Crippen LogP contribution in [0.5, 0.6) is 0 Å². The van der Waals surface area contributed by atoms with E-state index in [2.05, 4.69) is 91.0 Å². The molecule has 1 aliphatic carbocycles. The van der Waals surface area contributed by atoms with Gasteiger partial charge in [-0.1, -0.05) is 48.5 Å². The van der Waals surface area contributed by atoms with Gasteiger partial charge in [0.25, 0.3) is 0 Å². The van der Waals surface area contributed by atoms with Gasteiger partial charge in [0, 0.05) is 0 Å². The summed E-state index contributed by atoms with van der Waals surface area (Å²) in [6.07, 6.45) is 5.06. The molecule has 2 heteroatoms. The van der Waals surface area contributed by atoms with Crippen LogP contribution in [0.15, 0.2) is 91.0 Å². The van der Waals surface area contributed by atoms with Crippen LogP contribution < -0.4 is 0 Å². The molecule has 2 aliphatic heterocycles. The predicted molar refractivity (Wildman–Crippen MR) is 104 cm³/mol. The molecule has 0 aromatic heterocycles. The molecule has 24 heavy (non-hydrogen) atoms. The third-order valence-electron chi connectivity index (χ3n) is 4.96. The number of rotatable bonds is 1. The van der Waals surface area contributed by atoms with Gasteiger partial charge in [0.05, 0.1) is 0 Å². The Morgan fingerprint density at radius 1 is 0.708 bits per heavy atom. The predicted octanol–water partition coefficient (Wildman–Crippen LogP) is 5.09. The van der Waals surface area contributed by atoms with Gasteiger partial charge in [0.15, 0.2) is 0 Å². The van der Waals surface area contributed by atoms with E-state index < -0.39 is 0 Å². The van der Waals surface area contributed by atoms with Crippen LogP contribution in [0.4, 0.5) is 0 Å². The number of benzene rings is 3. The molecular weight excluding hydrogens is 422 g/mol. The molecule has 3 aromatic carbocycles. The summed E-state index contributed by atoms with van der Waals surface area (Å²) in [6.45, 7) is 0. The molecule has 4 atom stereocenters. The van der Waals surface area contributed by atoms with E-state index in [1.165, 1.54) is 10.8 Å². The van der Waals surface area contributed by atoms with E-state index in [0.29, 0.717) is 4.31 Å². The van der Waals surface area contributed by atoms with Gasteiger partial charge < -0.3 is 0 Å². The molecule has 2 fully saturated rings. The summed E-state index contributed by atoms with van der Waals surface area (Å²) in [5.74, 6) is 0. The van der Waals surface area contributed by atoms with Gasteiger partial charge in [-0.15, -0.1) is 0 Å². The summed E-state index contributed by atoms with van der Waals surface area (Å²) < 4.78 is 0.549. The second kappa shape index (κ2) is 5.90. The first kappa shape index (κ1) is 15.0. The Bertz CT molecular complexity index is 837. The van der Waals surface area contributed by atoms with Gasteiger partial charge in [0.2, 0.25) is 0 Å². The quantitative estimate of drug-likeness (QED) is 0.365. The minimum Gasteiger partial charge on any atom is -0.0616 e. The van der Waals surface area contributed by atoms with Crippen LogP contribution in [-0.4, -0.2) is 29.9 Å². The van der Waals surface area contributed by atoms with Crippen LogP contribution in [0.3, 0.4) is 0 Å².